The molecule has 0 bridgehead atoms. The van der Waals surface area contributed by atoms with Gasteiger partial charge in [0.05, 0.1) is 10.9 Å². The highest BCUT2D eigenvalue weighted by Gasteiger charge is 2.40. The topological polar surface area (TPSA) is 8.17 Å². The summed E-state index contributed by atoms with van der Waals surface area (Å²) in [6.45, 7) is 10.6. The fourth-order valence-electron chi connectivity index (χ4n) is 7.56. The normalized spacial score (nSPS) is 11.7. The molecule has 0 amide bonds. The van der Waals surface area contributed by atoms with Crippen LogP contribution in [0.1, 0.15) is 44.6 Å². The maximum absolute atomic E-state index is 3.90. The zero-order valence-electron chi connectivity index (χ0n) is 28.8. The van der Waals surface area contributed by atoms with Crippen LogP contribution < -0.4 is 4.90 Å². The lowest BCUT2D eigenvalue weighted by Crippen LogP contribution is -2.33. The van der Waals surface area contributed by atoms with Crippen molar-refractivity contribution in [1.29, 1.82) is 0 Å². The largest absolute Gasteiger partial charge is 0.345 e. The first-order valence-electron chi connectivity index (χ1n) is 17.0. The number of rotatable bonds is 9. The number of allylic oxidation sites excluding steroid dienone is 2. The lowest BCUT2D eigenvalue weighted by Gasteiger charge is -2.39. The van der Waals surface area contributed by atoms with Gasteiger partial charge in [-0.1, -0.05) is 128 Å². The van der Waals surface area contributed by atoms with E-state index in [0.29, 0.717) is 0 Å². The first-order chi connectivity index (χ1) is 23.9. The Morgan fingerprint density at radius 1 is 0.592 bits per heavy atom. The van der Waals surface area contributed by atoms with Crippen LogP contribution in [0, 0.1) is 20.8 Å². The van der Waals surface area contributed by atoms with E-state index in [2.05, 4.69) is 202 Å². The first-order valence-corrected chi connectivity index (χ1v) is 17.0. The number of para-hydroxylation sites is 1. The third kappa shape index (κ3) is 5.50. The molecule has 49 heavy (non-hydrogen) atoms. The summed E-state index contributed by atoms with van der Waals surface area (Å²) in [6.07, 6.45) is 5.99. The van der Waals surface area contributed by atoms with Gasteiger partial charge in [0.15, 0.2) is 0 Å². The number of nitrogens with zero attached hydrogens (tertiary/aromatic N) is 2. The molecular weight excluding hydrogens is 593 g/mol. The zero-order valence-corrected chi connectivity index (χ0v) is 28.8. The van der Waals surface area contributed by atoms with Gasteiger partial charge in [0.25, 0.3) is 0 Å². The number of anilines is 2. The van der Waals surface area contributed by atoms with Crippen molar-refractivity contribution in [2.45, 2.75) is 26.2 Å². The minimum absolute atomic E-state index is 0.513. The van der Waals surface area contributed by atoms with Crippen molar-refractivity contribution >= 4 is 28.4 Å². The van der Waals surface area contributed by atoms with E-state index in [1.54, 1.807) is 0 Å². The fraction of sp³-hybridized carbons (Fsp3) is 0.106. The zero-order chi connectivity index (χ0) is 34.0. The molecule has 0 atom stereocenters. The molecule has 2 nitrogen and oxygen atoms in total. The molecule has 0 aliphatic carbocycles. The summed E-state index contributed by atoms with van der Waals surface area (Å²) in [5.74, 6) is 0. The van der Waals surface area contributed by atoms with Gasteiger partial charge in [-0.05, 0) is 108 Å². The van der Waals surface area contributed by atoms with Crippen molar-refractivity contribution in [3.63, 3.8) is 0 Å². The Labute approximate surface area is 290 Å². The van der Waals surface area contributed by atoms with E-state index in [-0.39, 0.29) is 0 Å². The van der Waals surface area contributed by atoms with Gasteiger partial charge >= 0.3 is 0 Å². The Balaban J connectivity index is 1.37. The van der Waals surface area contributed by atoms with Crippen LogP contribution in [0.25, 0.3) is 22.7 Å². The molecule has 0 radical (unpaired) electrons. The summed E-state index contributed by atoms with van der Waals surface area (Å²) >= 11 is 0. The predicted octanol–water partition coefficient (Wildman–Crippen LogP) is 11.9. The number of hydrogen-bond acceptors (Lipinski definition) is 1. The highest BCUT2D eigenvalue weighted by atomic mass is 15.1. The van der Waals surface area contributed by atoms with E-state index in [1.165, 1.54) is 55.5 Å². The maximum Gasteiger partial charge on any atom is 0.0707 e. The van der Waals surface area contributed by atoms with Crippen molar-refractivity contribution in [2.75, 3.05) is 11.9 Å². The summed E-state index contributed by atoms with van der Waals surface area (Å²) in [4.78, 5) is 2.29. The Bertz CT molecular complexity index is 2230. The fourth-order valence-corrected chi connectivity index (χ4v) is 7.56. The quantitative estimate of drug-likeness (QED) is 0.113. The van der Waals surface area contributed by atoms with Gasteiger partial charge in [-0.2, -0.15) is 0 Å². The third-order valence-corrected chi connectivity index (χ3v) is 10.0. The SMILES string of the molecule is C=C/C=C\c1c(C)c2ccccc2n1-c1ccc(N(C)c2ccc(C)c(C(c3ccccc3)(c3ccccc3)c3ccccc3C)c2)cc1. The molecule has 0 unspecified atom stereocenters. The molecule has 0 saturated heterocycles. The van der Waals surface area contributed by atoms with Gasteiger partial charge in [0.2, 0.25) is 0 Å². The standard InChI is InChI=1S/C47H42N2/c1-6-7-25-45-36(4)42-23-15-17-26-46(42)49(45)40-31-29-39(30-32-40)48(5)41-28-27-35(3)44(33-41)47(37-19-10-8-11-20-37,38-21-12-9-13-22-38)43-24-16-14-18-34(43)2/h6-33H,1H2,2-5H3/b25-7-. The van der Waals surface area contributed by atoms with Gasteiger partial charge < -0.3 is 9.47 Å². The lowest BCUT2D eigenvalue weighted by molar-refractivity contribution is 0.732. The highest BCUT2D eigenvalue weighted by molar-refractivity contribution is 5.90. The molecule has 0 aliphatic heterocycles. The second kappa shape index (κ2) is 13.3. The first kappa shape index (κ1) is 31.7. The molecule has 2 heteroatoms. The van der Waals surface area contributed by atoms with Crippen molar-refractivity contribution < 1.29 is 0 Å². The number of hydrogen-bond donors (Lipinski definition) is 0. The molecule has 7 aromatic rings. The molecule has 7 rings (SSSR count). The second-order valence-corrected chi connectivity index (χ2v) is 12.8. The van der Waals surface area contributed by atoms with Crippen molar-refractivity contribution in [1.82, 2.24) is 4.57 Å². The smallest absolute Gasteiger partial charge is 0.0707 e. The van der Waals surface area contributed by atoms with Gasteiger partial charge in [0, 0.05) is 35.2 Å². The molecule has 0 fully saturated rings. The van der Waals surface area contributed by atoms with Gasteiger partial charge in [0.1, 0.15) is 0 Å². The third-order valence-electron chi connectivity index (χ3n) is 10.0. The average molecular weight is 635 g/mol. The number of aryl methyl sites for hydroxylation is 3. The van der Waals surface area contributed by atoms with Crippen LogP contribution >= 0.6 is 0 Å². The minimum atomic E-state index is -0.513. The molecular formula is C47H42N2. The molecule has 1 aromatic heterocycles. The monoisotopic (exact) mass is 634 g/mol. The van der Waals surface area contributed by atoms with Crippen LogP contribution in [-0.2, 0) is 5.41 Å². The predicted molar refractivity (Wildman–Crippen MR) is 210 cm³/mol. The Kier molecular flexibility index (Phi) is 8.63. The molecule has 1 heterocycles. The number of fused-ring (bicyclic) bond motifs is 1. The van der Waals surface area contributed by atoms with Crippen LogP contribution in [0.4, 0.5) is 11.4 Å². The average Bonchev–Trinajstić information content (AvgIpc) is 3.43. The Morgan fingerprint density at radius 3 is 1.82 bits per heavy atom. The van der Waals surface area contributed by atoms with Crippen LogP contribution in [0.15, 0.2) is 170 Å². The van der Waals surface area contributed by atoms with E-state index in [4.69, 9.17) is 0 Å². The van der Waals surface area contributed by atoms with Crippen molar-refractivity contribution in [2.24, 2.45) is 0 Å². The van der Waals surface area contributed by atoms with E-state index >= 15 is 0 Å². The molecule has 240 valence electrons. The maximum atomic E-state index is 3.90. The van der Waals surface area contributed by atoms with Crippen LogP contribution in [0.5, 0.6) is 0 Å². The summed E-state index contributed by atoms with van der Waals surface area (Å²) < 4.78 is 2.34. The number of benzene rings is 6. The molecule has 0 spiro atoms. The highest BCUT2D eigenvalue weighted by Crippen LogP contribution is 2.48. The molecule has 0 saturated carbocycles. The Morgan fingerprint density at radius 2 is 1.16 bits per heavy atom. The van der Waals surface area contributed by atoms with E-state index in [0.717, 1.165) is 17.1 Å². The van der Waals surface area contributed by atoms with Crippen LogP contribution in [0.3, 0.4) is 0 Å². The van der Waals surface area contributed by atoms with Crippen molar-refractivity contribution in [3.05, 3.63) is 215 Å². The second-order valence-electron chi connectivity index (χ2n) is 12.8. The number of aromatic nitrogens is 1. The van der Waals surface area contributed by atoms with Crippen molar-refractivity contribution in [3.8, 4) is 5.69 Å². The molecule has 0 aliphatic rings. The Hall–Kier alpha value is -5.86. The van der Waals surface area contributed by atoms with E-state index in [1.807, 2.05) is 12.2 Å². The van der Waals surface area contributed by atoms with Crippen LogP contribution in [0.2, 0.25) is 0 Å². The van der Waals surface area contributed by atoms with Gasteiger partial charge in [-0.3, -0.25) is 0 Å². The van der Waals surface area contributed by atoms with E-state index in [9.17, 15) is 0 Å². The lowest BCUT2D eigenvalue weighted by atomic mass is 9.63. The van der Waals surface area contributed by atoms with Gasteiger partial charge in [-0.15, -0.1) is 0 Å². The summed E-state index contributed by atoms with van der Waals surface area (Å²) in [7, 11) is 2.16. The molecule has 6 aromatic carbocycles. The summed E-state index contributed by atoms with van der Waals surface area (Å²) in [5, 5.41) is 1.26. The molecule has 0 N–H and O–H groups in total. The summed E-state index contributed by atoms with van der Waals surface area (Å²) in [6, 6.07) is 55.2. The van der Waals surface area contributed by atoms with Crippen LogP contribution in [-0.4, -0.2) is 11.6 Å². The summed E-state index contributed by atoms with van der Waals surface area (Å²) in [5.41, 5.74) is 14.1. The minimum Gasteiger partial charge on any atom is -0.345 e. The van der Waals surface area contributed by atoms with Gasteiger partial charge in [-0.25, -0.2) is 0 Å². The van der Waals surface area contributed by atoms with E-state index < -0.39 is 5.41 Å².